The highest BCUT2D eigenvalue weighted by atomic mass is 32.2. The van der Waals surface area contributed by atoms with Crippen molar-refractivity contribution in [1.82, 2.24) is 29.7 Å². The Bertz CT molecular complexity index is 1320. The van der Waals surface area contributed by atoms with Crippen LogP contribution in [-0.2, 0) is 21.1 Å². The molecule has 1 unspecified atom stereocenters. The van der Waals surface area contributed by atoms with Crippen molar-refractivity contribution in [2.24, 2.45) is 11.8 Å². The predicted molar refractivity (Wildman–Crippen MR) is 133 cm³/mol. The van der Waals surface area contributed by atoms with Crippen LogP contribution in [0, 0.1) is 11.8 Å². The molecule has 0 bridgehead atoms. The lowest BCUT2D eigenvalue weighted by atomic mass is 9.74. The van der Waals surface area contributed by atoms with Gasteiger partial charge in [0, 0.05) is 31.4 Å². The quantitative estimate of drug-likeness (QED) is 0.599. The van der Waals surface area contributed by atoms with Gasteiger partial charge in [0.2, 0.25) is 17.7 Å². The molecule has 5 atom stereocenters. The average molecular weight is 509 g/mol. The molecule has 6 rings (SSSR count). The molecule has 4 aliphatic heterocycles. The number of rotatable bonds is 4. The smallest absolute Gasteiger partial charge is 0.248 e. The maximum atomic E-state index is 14.2. The first-order valence-electron chi connectivity index (χ1n) is 12.1. The van der Waals surface area contributed by atoms with Gasteiger partial charge in [-0.15, -0.1) is 16.9 Å². The molecule has 11 heteroatoms. The van der Waals surface area contributed by atoms with E-state index in [0.29, 0.717) is 13.1 Å². The zero-order valence-electron chi connectivity index (χ0n) is 20.1. The van der Waals surface area contributed by atoms with Crippen LogP contribution in [0.1, 0.15) is 6.92 Å². The molecular formula is C25H28N6O4S. The molecule has 2 aromatic rings. The van der Waals surface area contributed by atoms with Gasteiger partial charge in [0.15, 0.2) is 0 Å². The number of likely N-dealkylation sites (tertiary alicyclic amines) is 1. The van der Waals surface area contributed by atoms with Crippen molar-refractivity contribution < 1.29 is 19.5 Å². The topological polar surface area (TPSA) is 112 Å². The minimum atomic E-state index is -0.917. The standard InChI is InChI=1S/C25H28N6O4S/c1-24-9-5-11-28(2)21(33)18(24)19-22(34)30(13-14-32)20-23(35)29(12-6-10-25(19,20)36-24)15-31-17-8-4-3-7-16(17)26-27-31/h3-10,18-20,32H,11-15H2,1-2H3/t18-,19-,20?,24+,25-/m0/s1. The van der Waals surface area contributed by atoms with E-state index in [4.69, 9.17) is 0 Å². The lowest BCUT2D eigenvalue weighted by molar-refractivity contribution is -0.145. The zero-order chi connectivity index (χ0) is 25.2. The molecule has 5 heterocycles. The Morgan fingerprint density at radius 1 is 1.06 bits per heavy atom. The van der Waals surface area contributed by atoms with Gasteiger partial charge in [-0.25, -0.2) is 4.68 Å². The average Bonchev–Trinajstić information content (AvgIpc) is 3.38. The summed E-state index contributed by atoms with van der Waals surface area (Å²) in [6, 6.07) is 6.71. The van der Waals surface area contributed by atoms with Crippen LogP contribution >= 0.6 is 11.8 Å². The van der Waals surface area contributed by atoms with E-state index in [0.717, 1.165) is 11.0 Å². The van der Waals surface area contributed by atoms with E-state index >= 15 is 0 Å². The summed E-state index contributed by atoms with van der Waals surface area (Å²) in [7, 11) is 1.74. The third kappa shape index (κ3) is 3.11. The van der Waals surface area contributed by atoms with E-state index in [9.17, 15) is 19.5 Å². The van der Waals surface area contributed by atoms with Crippen LogP contribution in [0.15, 0.2) is 48.6 Å². The number of para-hydroxylation sites is 1. The molecule has 188 valence electrons. The lowest BCUT2D eigenvalue weighted by Gasteiger charge is -2.36. The van der Waals surface area contributed by atoms with Crippen molar-refractivity contribution in [2.45, 2.75) is 29.1 Å². The monoisotopic (exact) mass is 508 g/mol. The van der Waals surface area contributed by atoms with E-state index < -0.39 is 27.4 Å². The molecule has 0 saturated carbocycles. The summed E-state index contributed by atoms with van der Waals surface area (Å²) in [5.74, 6) is -1.87. The fourth-order valence-corrected chi connectivity index (χ4v) is 8.51. The molecular weight excluding hydrogens is 480 g/mol. The number of β-amino-alcohol motifs (C(OH)–C–C–N with tert-alkyl or cyclic N) is 1. The Morgan fingerprint density at radius 2 is 1.83 bits per heavy atom. The molecule has 4 aliphatic rings. The number of carbonyl (C=O) groups is 3. The summed E-state index contributed by atoms with van der Waals surface area (Å²) < 4.78 is 0.131. The second-order valence-electron chi connectivity index (χ2n) is 10.1. The number of amides is 3. The summed E-state index contributed by atoms with van der Waals surface area (Å²) in [6.45, 7) is 2.75. The second kappa shape index (κ2) is 8.17. The number of aliphatic hydroxyl groups is 1. The van der Waals surface area contributed by atoms with Gasteiger partial charge in [0.05, 0.1) is 28.7 Å². The van der Waals surface area contributed by atoms with Gasteiger partial charge in [0.25, 0.3) is 0 Å². The van der Waals surface area contributed by atoms with Crippen LogP contribution in [0.3, 0.4) is 0 Å². The number of hydrogen-bond donors (Lipinski definition) is 1. The number of thioether (sulfide) groups is 1. The SMILES string of the molecule is CN1CC=C[C@@]2(C)S[C@]34C=CCN(Cn5nnc6ccccc65)C(=O)C3N(CCO)C(=O)[C@@H]4[C@H]2C1=O. The first-order valence-corrected chi connectivity index (χ1v) is 12.9. The fraction of sp³-hybridized carbons (Fsp3) is 0.480. The first kappa shape index (κ1) is 23.2. The molecule has 2 fully saturated rings. The van der Waals surface area contributed by atoms with E-state index in [1.165, 1.54) is 16.7 Å². The van der Waals surface area contributed by atoms with Crippen molar-refractivity contribution in [3.8, 4) is 0 Å². The highest BCUT2D eigenvalue weighted by Gasteiger charge is 2.73. The largest absolute Gasteiger partial charge is 0.395 e. The van der Waals surface area contributed by atoms with Gasteiger partial charge in [-0.05, 0) is 19.1 Å². The molecule has 0 aliphatic carbocycles. The molecule has 1 spiro atoms. The third-order valence-electron chi connectivity index (χ3n) is 7.91. The van der Waals surface area contributed by atoms with E-state index in [1.807, 2.05) is 55.5 Å². The third-order valence-corrected chi connectivity index (χ3v) is 9.70. The van der Waals surface area contributed by atoms with Crippen molar-refractivity contribution in [3.05, 3.63) is 48.6 Å². The van der Waals surface area contributed by atoms with Crippen molar-refractivity contribution in [2.75, 3.05) is 33.3 Å². The summed E-state index contributed by atoms with van der Waals surface area (Å²) >= 11 is 1.53. The Morgan fingerprint density at radius 3 is 2.64 bits per heavy atom. The number of aliphatic hydroxyl groups excluding tert-OH is 1. The van der Waals surface area contributed by atoms with E-state index in [2.05, 4.69) is 10.3 Å². The summed E-state index contributed by atoms with van der Waals surface area (Å²) in [5, 5.41) is 18.2. The number of benzene rings is 1. The van der Waals surface area contributed by atoms with Gasteiger partial charge in [0.1, 0.15) is 18.2 Å². The predicted octanol–water partition coefficient (Wildman–Crippen LogP) is 0.495. The summed E-state index contributed by atoms with van der Waals surface area (Å²) in [6.07, 6.45) is 7.90. The number of aromatic nitrogens is 3. The second-order valence-corrected chi connectivity index (χ2v) is 11.8. The number of hydrogen-bond acceptors (Lipinski definition) is 7. The molecule has 2 saturated heterocycles. The lowest BCUT2D eigenvalue weighted by Crippen LogP contribution is -2.54. The first-order chi connectivity index (χ1) is 17.3. The van der Waals surface area contributed by atoms with Crippen LogP contribution in [0.2, 0.25) is 0 Å². The molecule has 1 aromatic carbocycles. The zero-order valence-corrected chi connectivity index (χ0v) is 21.0. The Kier molecular flexibility index (Phi) is 5.27. The maximum absolute atomic E-state index is 14.2. The molecule has 3 amide bonds. The number of likely N-dealkylation sites (N-methyl/N-ethyl adjacent to an activating group) is 1. The van der Waals surface area contributed by atoms with Crippen LogP contribution < -0.4 is 0 Å². The molecule has 36 heavy (non-hydrogen) atoms. The summed E-state index contributed by atoms with van der Waals surface area (Å²) in [5.41, 5.74) is 1.54. The minimum absolute atomic E-state index is 0.0330. The van der Waals surface area contributed by atoms with Gasteiger partial charge in [-0.1, -0.05) is 41.7 Å². The Hall–Kier alpha value is -3.18. The van der Waals surface area contributed by atoms with Gasteiger partial charge < -0.3 is 19.8 Å². The molecule has 1 aromatic heterocycles. The van der Waals surface area contributed by atoms with Crippen LogP contribution in [0.25, 0.3) is 11.0 Å². The maximum Gasteiger partial charge on any atom is 0.248 e. The van der Waals surface area contributed by atoms with Gasteiger partial charge in [-0.2, -0.15) is 0 Å². The van der Waals surface area contributed by atoms with Crippen molar-refractivity contribution in [3.63, 3.8) is 0 Å². The number of carbonyl (C=O) groups excluding carboxylic acids is 3. The van der Waals surface area contributed by atoms with E-state index in [1.54, 1.807) is 21.5 Å². The van der Waals surface area contributed by atoms with Crippen molar-refractivity contribution >= 4 is 40.5 Å². The van der Waals surface area contributed by atoms with Crippen molar-refractivity contribution in [1.29, 1.82) is 0 Å². The number of nitrogens with zero attached hydrogens (tertiary/aromatic N) is 6. The van der Waals surface area contributed by atoms with Crippen LogP contribution in [0.5, 0.6) is 0 Å². The summed E-state index contributed by atoms with van der Waals surface area (Å²) in [4.78, 5) is 46.5. The molecule has 1 N–H and O–H groups in total. The van der Waals surface area contributed by atoms with E-state index in [-0.39, 0.29) is 37.5 Å². The Balaban J connectivity index is 1.43. The van der Waals surface area contributed by atoms with Crippen LogP contribution in [-0.4, -0.2) is 101 Å². The van der Waals surface area contributed by atoms with Gasteiger partial charge in [-0.3, -0.25) is 14.4 Å². The number of fused-ring (bicyclic) bond motifs is 3. The normalized spacial score (nSPS) is 33.7. The minimum Gasteiger partial charge on any atom is -0.395 e. The molecule has 0 radical (unpaired) electrons. The highest BCUT2D eigenvalue weighted by Crippen LogP contribution is 2.65. The Labute approximate surface area is 212 Å². The van der Waals surface area contributed by atoms with Gasteiger partial charge >= 0.3 is 0 Å². The van der Waals surface area contributed by atoms with Crippen LogP contribution in [0.4, 0.5) is 0 Å². The molecule has 10 nitrogen and oxygen atoms in total. The highest BCUT2D eigenvalue weighted by molar-refractivity contribution is 8.02. The fourth-order valence-electron chi connectivity index (χ4n) is 6.35.